The van der Waals surface area contributed by atoms with Gasteiger partial charge >= 0.3 is 6.18 Å². The van der Waals surface area contributed by atoms with Crippen LogP contribution in [-0.4, -0.2) is 17.9 Å². The number of hydrogen-bond donors (Lipinski definition) is 2. The lowest BCUT2D eigenvalue weighted by Gasteiger charge is -2.18. The number of halogens is 3. The van der Waals surface area contributed by atoms with Gasteiger partial charge in [0.15, 0.2) is 0 Å². The zero-order valence-electron chi connectivity index (χ0n) is 11.0. The Morgan fingerprint density at radius 2 is 1.85 bits per heavy atom. The average molecular weight is 288 g/mol. The summed E-state index contributed by atoms with van der Waals surface area (Å²) in [5, 5.41) is 2.45. The van der Waals surface area contributed by atoms with Crippen molar-refractivity contribution >= 4 is 11.8 Å². The Morgan fingerprint density at radius 1 is 1.25 bits per heavy atom. The third kappa shape index (κ3) is 3.97. The van der Waals surface area contributed by atoms with E-state index in [1.165, 1.54) is 13.0 Å². The molecule has 0 aromatic heterocycles. The molecular weight excluding hydrogens is 273 g/mol. The second-order valence-electron chi connectivity index (χ2n) is 4.53. The third-order valence-corrected chi connectivity index (χ3v) is 3.01. The Bertz CT molecular complexity index is 515. The van der Waals surface area contributed by atoms with E-state index in [1.807, 2.05) is 0 Å². The molecule has 0 saturated carbocycles. The number of carbonyl (C=O) groups is 2. The van der Waals surface area contributed by atoms with Crippen LogP contribution in [0.3, 0.4) is 0 Å². The molecule has 2 unspecified atom stereocenters. The van der Waals surface area contributed by atoms with Crippen LogP contribution in [0.25, 0.3) is 0 Å². The van der Waals surface area contributed by atoms with Crippen molar-refractivity contribution < 1.29 is 22.8 Å². The van der Waals surface area contributed by atoms with E-state index in [-0.39, 0.29) is 5.56 Å². The summed E-state index contributed by atoms with van der Waals surface area (Å²) in [5.74, 6) is -1.90. The second-order valence-corrected chi connectivity index (χ2v) is 4.53. The van der Waals surface area contributed by atoms with Gasteiger partial charge in [-0.25, -0.2) is 0 Å². The van der Waals surface area contributed by atoms with Crippen molar-refractivity contribution in [1.82, 2.24) is 5.32 Å². The summed E-state index contributed by atoms with van der Waals surface area (Å²) in [6.07, 6.45) is -4.51. The summed E-state index contributed by atoms with van der Waals surface area (Å²) < 4.78 is 37.6. The van der Waals surface area contributed by atoms with Gasteiger partial charge in [-0.1, -0.05) is 13.0 Å². The predicted molar refractivity (Wildman–Crippen MR) is 66.7 cm³/mol. The number of nitrogens with one attached hydrogen (secondary N) is 1. The fraction of sp³-hybridized carbons (Fsp3) is 0.385. The molecule has 0 aliphatic carbocycles. The molecule has 0 bridgehead atoms. The van der Waals surface area contributed by atoms with E-state index < -0.39 is 35.5 Å². The number of amides is 2. The van der Waals surface area contributed by atoms with E-state index in [4.69, 9.17) is 5.73 Å². The first-order valence-electron chi connectivity index (χ1n) is 5.90. The van der Waals surface area contributed by atoms with Crippen molar-refractivity contribution in [2.45, 2.75) is 26.1 Å². The van der Waals surface area contributed by atoms with E-state index in [2.05, 4.69) is 5.32 Å². The highest BCUT2D eigenvalue weighted by atomic mass is 19.4. The number of carbonyl (C=O) groups excluding carboxylic acids is 2. The van der Waals surface area contributed by atoms with Crippen molar-refractivity contribution in [2.24, 2.45) is 11.7 Å². The van der Waals surface area contributed by atoms with Crippen molar-refractivity contribution in [3.63, 3.8) is 0 Å². The molecule has 4 nitrogen and oxygen atoms in total. The van der Waals surface area contributed by atoms with Crippen molar-refractivity contribution in [1.29, 1.82) is 0 Å². The fourth-order valence-electron chi connectivity index (χ4n) is 1.50. The molecule has 2 amide bonds. The summed E-state index contributed by atoms with van der Waals surface area (Å²) in [5.41, 5.74) is 4.07. The van der Waals surface area contributed by atoms with Gasteiger partial charge in [-0.2, -0.15) is 13.2 Å². The van der Waals surface area contributed by atoms with Gasteiger partial charge in [-0.15, -0.1) is 0 Å². The maximum atomic E-state index is 12.5. The molecule has 0 fully saturated rings. The zero-order chi connectivity index (χ0) is 15.5. The number of nitrogens with two attached hydrogens (primary N) is 1. The Kier molecular flexibility index (Phi) is 4.75. The first-order chi connectivity index (χ1) is 9.12. The highest BCUT2D eigenvalue weighted by molar-refractivity contribution is 5.95. The van der Waals surface area contributed by atoms with Crippen molar-refractivity contribution in [2.75, 3.05) is 0 Å². The van der Waals surface area contributed by atoms with Crippen LogP contribution in [0.15, 0.2) is 24.3 Å². The molecule has 0 aliphatic heterocycles. The fourth-order valence-corrected chi connectivity index (χ4v) is 1.50. The number of benzene rings is 1. The topological polar surface area (TPSA) is 72.2 Å². The normalized spacial score (nSPS) is 14.4. The van der Waals surface area contributed by atoms with Crippen LogP contribution in [-0.2, 0) is 11.0 Å². The predicted octanol–water partition coefficient (Wildman–Crippen LogP) is 1.95. The third-order valence-electron chi connectivity index (χ3n) is 3.01. The second kappa shape index (κ2) is 5.94. The van der Waals surface area contributed by atoms with Crippen molar-refractivity contribution in [3.8, 4) is 0 Å². The summed E-state index contributed by atoms with van der Waals surface area (Å²) >= 11 is 0. The molecule has 3 N–H and O–H groups in total. The van der Waals surface area contributed by atoms with E-state index in [0.717, 1.165) is 18.2 Å². The zero-order valence-corrected chi connectivity index (χ0v) is 11.0. The standard InChI is InChI=1S/C13H15F3N2O2/c1-7(11(17)19)8(2)18-12(20)9-4-3-5-10(6-9)13(14,15)16/h3-8H,1-2H3,(H2,17,19)(H,18,20). The van der Waals surface area contributed by atoms with E-state index in [0.29, 0.717) is 0 Å². The van der Waals surface area contributed by atoms with Crippen LogP contribution in [0.4, 0.5) is 13.2 Å². The van der Waals surface area contributed by atoms with Gasteiger partial charge in [-0.05, 0) is 25.1 Å². The van der Waals surface area contributed by atoms with E-state index in [1.54, 1.807) is 6.92 Å². The van der Waals surface area contributed by atoms with Gasteiger partial charge in [0.2, 0.25) is 5.91 Å². The van der Waals surface area contributed by atoms with Crippen molar-refractivity contribution in [3.05, 3.63) is 35.4 Å². The summed E-state index contributed by atoms with van der Waals surface area (Å²) in [6.45, 7) is 3.08. The molecule has 1 aromatic rings. The van der Waals surface area contributed by atoms with Gasteiger partial charge in [-0.3, -0.25) is 9.59 Å². The molecule has 0 spiro atoms. The van der Waals surface area contributed by atoms with Gasteiger partial charge in [0.05, 0.1) is 11.5 Å². The average Bonchev–Trinajstić information content (AvgIpc) is 2.36. The van der Waals surface area contributed by atoms with Crippen LogP contribution < -0.4 is 11.1 Å². The Labute approximate surface area is 114 Å². The molecule has 0 saturated heterocycles. The largest absolute Gasteiger partial charge is 0.416 e. The highest BCUT2D eigenvalue weighted by Gasteiger charge is 2.31. The Morgan fingerprint density at radius 3 is 2.35 bits per heavy atom. The number of hydrogen-bond acceptors (Lipinski definition) is 2. The maximum absolute atomic E-state index is 12.5. The first kappa shape index (κ1) is 16.0. The smallest absolute Gasteiger partial charge is 0.369 e. The van der Waals surface area contributed by atoms with Gasteiger partial charge in [0.25, 0.3) is 5.91 Å². The molecule has 0 aliphatic rings. The van der Waals surface area contributed by atoms with E-state index >= 15 is 0 Å². The monoisotopic (exact) mass is 288 g/mol. The van der Waals surface area contributed by atoms with E-state index in [9.17, 15) is 22.8 Å². The number of primary amides is 1. The minimum absolute atomic E-state index is 0.122. The summed E-state index contributed by atoms with van der Waals surface area (Å²) in [4.78, 5) is 22.8. The number of rotatable bonds is 4. The van der Waals surface area contributed by atoms with Crippen LogP contribution in [0.1, 0.15) is 29.8 Å². The Hall–Kier alpha value is -2.05. The lowest BCUT2D eigenvalue weighted by Crippen LogP contribution is -2.42. The SMILES string of the molecule is CC(NC(=O)c1cccc(C(F)(F)F)c1)C(C)C(N)=O. The van der Waals surface area contributed by atoms with Gasteiger partial charge in [0.1, 0.15) is 0 Å². The molecule has 20 heavy (non-hydrogen) atoms. The minimum Gasteiger partial charge on any atom is -0.369 e. The highest BCUT2D eigenvalue weighted by Crippen LogP contribution is 2.29. The summed E-state index contributed by atoms with van der Waals surface area (Å²) in [7, 11) is 0. The number of alkyl halides is 3. The molecular formula is C13H15F3N2O2. The molecule has 1 aromatic carbocycles. The van der Waals surface area contributed by atoms with Crippen LogP contribution in [0, 0.1) is 5.92 Å². The quantitative estimate of drug-likeness (QED) is 0.888. The minimum atomic E-state index is -4.51. The van der Waals surface area contributed by atoms with Crippen LogP contribution >= 0.6 is 0 Å². The lowest BCUT2D eigenvalue weighted by molar-refractivity contribution is -0.137. The molecule has 0 heterocycles. The molecule has 0 radical (unpaired) electrons. The van der Waals surface area contributed by atoms with Gasteiger partial charge in [0, 0.05) is 11.6 Å². The maximum Gasteiger partial charge on any atom is 0.416 e. The summed E-state index contributed by atoms with van der Waals surface area (Å²) in [6, 6.07) is 3.49. The molecule has 2 atom stereocenters. The van der Waals surface area contributed by atoms with Gasteiger partial charge < -0.3 is 11.1 Å². The first-order valence-corrected chi connectivity index (χ1v) is 5.90. The van der Waals surface area contributed by atoms with Crippen LogP contribution in [0.2, 0.25) is 0 Å². The van der Waals surface area contributed by atoms with Crippen LogP contribution in [0.5, 0.6) is 0 Å². The molecule has 110 valence electrons. The molecule has 1 rings (SSSR count). The molecule has 7 heteroatoms. The lowest BCUT2D eigenvalue weighted by atomic mass is 10.0. The Balaban J connectivity index is 2.86.